The average molecular weight is 487 g/mol. The summed E-state index contributed by atoms with van der Waals surface area (Å²) in [6.07, 6.45) is 0.840. The maximum absolute atomic E-state index is 12.5. The second kappa shape index (κ2) is 9.45. The van der Waals surface area contributed by atoms with Gasteiger partial charge >= 0.3 is 0 Å². The summed E-state index contributed by atoms with van der Waals surface area (Å²) in [6.45, 7) is 4.10. The van der Waals surface area contributed by atoms with Crippen molar-refractivity contribution in [1.82, 2.24) is 19.5 Å². The van der Waals surface area contributed by atoms with Crippen molar-refractivity contribution in [3.8, 4) is 20.5 Å². The van der Waals surface area contributed by atoms with E-state index in [0.29, 0.717) is 5.69 Å². The number of nitrogens with one attached hydrogen (secondary N) is 1. The normalized spacial score (nSPS) is 11.7. The zero-order valence-electron chi connectivity index (χ0n) is 17.6. The molecule has 0 aliphatic heterocycles. The Labute approximate surface area is 194 Å². The molecular formula is C22H22N4O3S3. The van der Waals surface area contributed by atoms with Crippen molar-refractivity contribution in [3.63, 3.8) is 0 Å². The van der Waals surface area contributed by atoms with Crippen molar-refractivity contribution >= 4 is 32.7 Å². The molecule has 0 bridgehead atoms. The van der Waals surface area contributed by atoms with Gasteiger partial charge in [-0.05, 0) is 48.6 Å². The van der Waals surface area contributed by atoms with Crippen molar-refractivity contribution in [3.05, 3.63) is 75.5 Å². The lowest BCUT2D eigenvalue weighted by molar-refractivity contribution is 0.549. The van der Waals surface area contributed by atoms with E-state index in [-0.39, 0.29) is 23.5 Å². The fourth-order valence-corrected chi connectivity index (χ4v) is 5.99. The molecule has 4 aromatic rings. The number of nitrogens with zero attached hydrogens (tertiary/aromatic N) is 3. The van der Waals surface area contributed by atoms with Crippen LogP contribution in [0.3, 0.4) is 0 Å². The van der Waals surface area contributed by atoms with E-state index < -0.39 is 10.0 Å². The van der Waals surface area contributed by atoms with Gasteiger partial charge in [-0.2, -0.15) is 5.10 Å². The molecule has 0 unspecified atom stereocenters. The van der Waals surface area contributed by atoms with Gasteiger partial charge in [0.1, 0.15) is 10.7 Å². The number of hydrogen-bond acceptors (Lipinski definition) is 7. The number of aromatic nitrogens is 3. The molecule has 0 aliphatic rings. The third-order valence-electron chi connectivity index (χ3n) is 4.89. The molecule has 0 saturated carbocycles. The van der Waals surface area contributed by atoms with Gasteiger partial charge < -0.3 is 0 Å². The SMILES string of the molecule is CCc1ccc(S(=O)(=O)NCCn2nc(-c3sc(-c4cccs4)nc3C)ccc2=O)cc1. The molecule has 1 N–H and O–H groups in total. The first-order valence-corrected chi connectivity index (χ1v) is 13.2. The zero-order valence-corrected chi connectivity index (χ0v) is 20.1. The number of thiazole rings is 1. The third-order valence-corrected chi connectivity index (χ3v) is 8.58. The molecule has 166 valence electrons. The molecule has 0 aliphatic carbocycles. The van der Waals surface area contributed by atoms with Crippen LogP contribution in [0.2, 0.25) is 0 Å². The summed E-state index contributed by atoms with van der Waals surface area (Å²) in [5, 5.41) is 7.37. The van der Waals surface area contributed by atoms with E-state index in [1.807, 2.05) is 31.4 Å². The van der Waals surface area contributed by atoms with Crippen LogP contribution >= 0.6 is 22.7 Å². The van der Waals surface area contributed by atoms with E-state index in [2.05, 4.69) is 14.8 Å². The standard InChI is InChI=1S/C22H22N4O3S3/c1-3-16-6-8-17(9-7-16)32(28,29)23-12-13-26-20(27)11-10-18(25-26)21-15(2)24-22(31-21)19-5-4-14-30-19/h4-11,14,23H,3,12-13H2,1-2H3. The predicted octanol–water partition coefficient (Wildman–Crippen LogP) is 3.94. The summed E-state index contributed by atoms with van der Waals surface area (Å²) in [4.78, 5) is 19.1. The maximum Gasteiger partial charge on any atom is 0.266 e. The van der Waals surface area contributed by atoms with Gasteiger partial charge in [-0.25, -0.2) is 22.8 Å². The summed E-state index contributed by atoms with van der Waals surface area (Å²) >= 11 is 3.14. The van der Waals surface area contributed by atoms with Gasteiger partial charge in [-0.3, -0.25) is 4.79 Å². The monoisotopic (exact) mass is 486 g/mol. The molecule has 3 heterocycles. The molecule has 32 heavy (non-hydrogen) atoms. The highest BCUT2D eigenvalue weighted by atomic mass is 32.2. The number of aryl methyl sites for hydroxylation is 2. The minimum atomic E-state index is -3.66. The van der Waals surface area contributed by atoms with Gasteiger partial charge in [0.15, 0.2) is 0 Å². The van der Waals surface area contributed by atoms with E-state index in [0.717, 1.165) is 32.4 Å². The first kappa shape index (κ1) is 22.5. The molecular weight excluding hydrogens is 464 g/mol. The van der Waals surface area contributed by atoms with E-state index in [9.17, 15) is 13.2 Å². The summed E-state index contributed by atoms with van der Waals surface area (Å²) in [5.41, 5.74) is 2.26. The molecule has 0 radical (unpaired) electrons. The smallest absolute Gasteiger partial charge is 0.266 e. The Morgan fingerprint density at radius 3 is 2.56 bits per heavy atom. The molecule has 1 aromatic carbocycles. The van der Waals surface area contributed by atoms with Gasteiger partial charge in [0.05, 0.1) is 26.9 Å². The Morgan fingerprint density at radius 2 is 1.88 bits per heavy atom. The van der Waals surface area contributed by atoms with Crippen LogP contribution in [0.1, 0.15) is 18.2 Å². The Balaban J connectivity index is 1.49. The molecule has 3 aromatic heterocycles. The zero-order chi connectivity index (χ0) is 22.7. The third kappa shape index (κ3) is 4.88. The molecule has 7 nitrogen and oxygen atoms in total. The number of hydrogen-bond donors (Lipinski definition) is 1. The summed E-state index contributed by atoms with van der Waals surface area (Å²) in [5.74, 6) is 0. The highest BCUT2D eigenvalue weighted by Gasteiger charge is 2.16. The van der Waals surface area contributed by atoms with E-state index in [1.165, 1.54) is 22.1 Å². The fraction of sp³-hybridized carbons (Fsp3) is 0.227. The maximum atomic E-state index is 12.5. The Hall–Kier alpha value is -2.66. The van der Waals surface area contributed by atoms with Crippen LogP contribution in [0, 0.1) is 6.92 Å². The lowest BCUT2D eigenvalue weighted by Crippen LogP contribution is -2.32. The quantitative estimate of drug-likeness (QED) is 0.407. The molecule has 0 fully saturated rings. The number of thiophene rings is 1. The van der Waals surface area contributed by atoms with Crippen LogP contribution in [0.5, 0.6) is 0 Å². The van der Waals surface area contributed by atoms with Crippen LogP contribution in [0.4, 0.5) is 0 Å². The molecule has 4 rings (SSSR count). The van der Waals surface area contributed by atoms with Crippen molar-refractivity contribution in [2.75, 3.05) is 6.54 Å². The number of benzene rings is 1. The minimum absolute atomic E-state index is 0.0519. The van der Waals surface area contributed by atoms with Crippen LogP contribution in [0.25, 0.3) is 20.5 Å². The highest BCUT2D eigenvalue weighted by Crippen LogP contribution is 2.35. The summed E-state index contributed by atoms with van der Waals surface area (Å²) in [6, 6.07) is 13.9. The largest absolute Gasteiger partial charge is 0.268 e. The second-order valence-corrected chi connectivity index (χ2v) is 10.8. The van der Waals surface area contributed by atoms with Crippen molar-refractivity contribution in [2.45, 2.75) is 31.7 Å². The van der Waals surface area contributed by atoms with Gasteiger partial charge in [0, 0.05) is 12.6 Å². The van der Waals surface area contributed by atoms with Crippen molar-refractivity contribution < 1.29 is 8.42 Å². The molecule has 0 spiro atoms. The Kier molecular flexibility index (Phi) is 6.66. The van der Waals surface area contributed by atoms with Crippen LogP contribution < -0.4 is 10.3 Å². The lowest BCUT2D eigenvalue weighted by Gasteiger charge is -2.09. The molecule has 0 amide bonds. The average Bonchev–Trinajstić information content (AvgIpc) is 3.45. The lowest BCUT2D eigenvalue weighted by atomic mass is 10.2. The van der Waals surface area contributed by atoms with E-state index in [1.54, 1.807) is 41.7 Å². The Morgan fingerprint density at radius 1 is 1.09 bits per heavy atom. The van der Waals surface area contributed by atoms with Gasteiger partial charge in [0.25, 0.3) is 5.56 Å². The summed E-state index contributed by atoms with van der Waals surface area (Å²) in [7, 11) is -3.66. The van der Waals surface area contributed by atoms with Crippen LogP contribution in [0.15, 0.2) is 63.6 Å². The van der Waals surface area contributed by atoms with E-state index in [4.69, 9.17) is 0 Å². The van der Waals surface area contributed by atoms with Gasteiger partial charge in [-0.15, -0.1) is 22.7 Å². The topological polar surface area (TPSA) is 93.9 Å². The van der Waals surface area contributed by atoms with Crippen LogP contribution in [-0.2, 0) is 23.0 Å². The number of rotatable bonds is 8. The molecule has 10 heteroatoms. The minimum Gasteiger partial charge on any atom is -0.268 e. The predicted molar refractivity (Wildman–Crippen MR) is 129 cm³/mol. The van der Waals surface area contributed by atoms with Crippen molar-refractivity contribution in [1.29, 1.82) is 0 Å². The summed E-state index contributed by atoms with van der Waals surface area (Å²) < 4.78 is 28.9. The first-order valence-electron chi connectivity index (χ1n) is 10.1. The molecule has 0 saturated heterocycles. The Bertz CT molecular complexity index is 1370. The van der Waals surface area contributed by atoms with Gasteiger partial charge in [-0.1, -0.05) is 25.1 Å². The highest BCUT2D eigenvalue weighted by molar-refractivity contribution is 7.89. The second-order valence-electron chi connectivity index (χ2n) is 7.09. The van der Waals surface area contributed by atoms with Crippen LogP contribution in [-0.4, -0.2) is 29.7 Å². The number of sulfonamides is 1. The van der Waals surface area contributed by atoms with Gasteiger partial charge in [0.2, 0.25) is 10.0 Å². The first-order chi connectivity index (χ1) is 15.4. The fourth-order valence-electron chi connectivity index (χ4n) is 3.14. The van der Waals surface area contributed by atoms with E-state index >= 15 is 0 Å². The van der Waals surface area contributed by atoms with Crippen molar-refractivity contribution in [2.24, 2.45) is 0 Å². The molecule has 0 atom stereocenters.